The first kappa shape index (κ1) is 13.4. The molecule has 0 atom stereocenters. The molecular formula is C17H13NO2S. The summed E-state index contributed by atoms with van der Waals surface area (Å²) in [5.74, 6) is -0.185. The van der Waals surface area contributed by atoms with Crippen LogP contribution in [0.4, 0.5) is 5.69 Å². The van der Waals surface area contributed by atoms with E-state index in [4.69, 9.17) is 0 Å². The highest BCUT2D eigenvalue weighted by atomic mass is 32.1. The van der Waals surface area contributed by atoms with Crippen LogP contribution in [0.2, 0.25) is 0 Å². The lowest BCUT2D eigenvalue weighted by molar-refractivity contribution is 0.102. The van der Waals surface area contributed by atoms with E-state index in [2.05, 4.69) is 5.32 Å². The maximum absolute atomic E-state index is 12.1. The van der Waals surface area contributed by atoms with Gasteiger partial charge in [0.15, 0.2) is 0 Å². The number of para-hydroxylation sites is 2. The van der Waals surface area contributed by atoms with Crippen LogP contribution in [0, 0.1) is 0 Å². The maximum Gasteiger partial charge on any atom is 0.255 e. The number of phenols is 1. The summed E-state index contributed by atoms with van der Waals surface area (Å²) < 4.78 is 0. The molecule has 1 aromatic heterocycles. The van der Waals surface area contributed by atoms with Crippen LogP contribution in [0.1, 0.15) is 10.4 Å². The van der Waals surface area contributed by atoms with Gasteiger partial charge in [-0.25, -0.2) is 0 Å². The highest BCUT2D eigenvalue weighted by Crippen LogP contribution is 2.25. The molecule has 1 amide bonds. The second kappa shape index (κ2) is 5.81. The van der Waals surface area contributed by atoms with Crippen molar-refractivity contribution in [1.29, 1.82) is 0 Å². The number of thiophene rings is 1. The molecule has 0 radical (unpaired) electrons. The van der Waals surface area contributed by atoms with Crippen molar-refractivity contribution in [3.05, 3.63) is 71.6 Å². The Bertz CT molecular complexity index is 749. The molecule has 0 bridgehead atoms. The van der Waals surface area contributed by atoms with Crippen LogP contribution < -0.4 is 5.32 Å². The average Bonchev–Trinajstić information content (AvgIpc) is 3.04. The minimum atomic E-state index is -0.241. The fourth-order valence-corrected chi connectivity index (χ4v) is 2.74. The van der Waals surface area contributed by atoms with Crippen LogP contribution in [-0.2, 0) is 0 Å². The molecule has 0 spiro atoms. The first-order chi connectivity index (χ1) is 10.2. The van der Waals surface area contributed by atoms with Crippen LogP contribution in [-0.4, -0.2) is 11.0 Å². The molecule has 3 nitrogen and oxygen atoms in total. The summed E-state index contributed by atoms with van der Waals surface area (Å²) in [6.07, 6.45) is 0. The summed E-state index contributed by atoms with van der Waals surface area (Å²) in [4.78, 5) is 13.3. The molecule has 0 fully saturated rings. The van der Waals surface area contributed by atoms with E-state index in [9.17, 15) is 9.90 Å². The van der Waals surface area contributed by atoms with Gasteiger partial charge < -0.3 is 10.4 Å². The number of anilines is 1. The third-order valence-corrected chi connectivity index (χ3v) is 4.02. The Kier molecular flexibility index (Phi) is 3.71. The first-order valence-corrected chi connectivity index (χ1v) is 7.35. The van der Waals surface area contributed by atoms with E-state index in [0.717, 1.165) is 5.56 Å². The second-order valence-electron chi connectivity index (χ2n) is 4.53. The van der Waals surface area contributed by atoms with Crippen LogP contribution in [0.25, 0.3) is 10.4 Å². The Hall–Kier alpha value is -2.59. The highest BCUT2D eigenvalue weighted by molar-refractivity contribution is 7.13. The van der Waals surface area contributed by atoms with Gasteiger partial charge in [-0.1, -0.05) is 30.3 Å². The fraction of sp³-hybridized carbons (Fsp3) is 0. The summed E-state index contributed by atoms with van der Waals surface area (Å²) in [6.45, 7) is 0. The van der Waals surface area contributed by atoms with Gasteiger partial charge >= 0.3 is 0 Å². The topological polar surface area (TPSA) is 49.3 Å². The van der Waals surface area contributed by atoms with Gasteiger partial charge in [0, 0.05) is 10.4 Å². The smallest absolute Gasteiger partial charge is 0.255 e. The standard InChI is InChI=1S/C17H13NO2S/c19-15-5-2-1-4-14(15)18-17(20)13-9-7-12(8-10-13)16-6-3-11-21-16/h1-11,19H,(H,18,20). The number of hydrogen-bond donors (Lipinski definition) is 2. The molecule has 21 heavy (non-hydrogen) atoms. The van der Waals surface area contributed by atoms with Crippen molar-refractivity contribution in [3.63, 3.8) is 0 Å². The van der Waals surface area contributed by atoms with Gasteiger partial charge in [-0.05, 0) is 41.3 Å². The molecule has 0 unspecified atom stereocenters. The molecule has 0 aliphatic heterocycles. The lowest BCUT2D eigenvalue weighted by Gasteiger charge is -2.07. The van der Waals surface area contributed by atoms with E-state index in [1.807, 2.05) is 29.6 Å². The highest BCUT2D eigenvalue weighted by Gasteiger charge is 2.08. The van der Waals surface area contributed by atoms with Gasteiger partial charge in [0.1, 0.15) is 5.75 Å². The minimum Gasteiger partial charge on any atom is -0.506 e. The Labute approximate surface area is 126 Å². The number of aromatic hydroxyl groups is 1. The predicted octanol–water partition coefficient (Wildman–Crippen LogP) is 4.37. The quantitative estimate of drug-likeness (QED) is 0.705. The molecule has 104 valence electrons. The summed E-state index contributed by atoms with van der Waals surface area (Å²) in [7, 11) is 0. The van der Waals surface area contributed by atoms with Gasteiger partial charge in [0.25, 0.3) is 5.91 Å². The summed E-state index contributed by atoms with van der Waals surface area (Å²) in [6, 6.07) is 18.1. The van der Waals surface area contributed by atoms with Crippen molar-refractivity contribution in [2.24, 2.45) is 0 Å². The largest absolute Gasteiger partial charge is 0.506 e. The lowest BCUT2D eigenvalue weighted by Crippen LogP contribution is -2.11. The number of amides is 1. The second-order valence-corrected chi connectivity index (χ2v) is 5.47. The number of hydrogen-bond acceptors (Lipinski definition) is 3. The van der Waals surface area contributed by atoms with Crippen molar-refractivity contribution in [3.8, 4) is 16.2 Å². The van der Waals surface area contributed by atoms with Crippen molar-refractivity contribution in [2.45, 2.75) is 0 Å². The van der Waals surface area contributed by atoms with E-state index in [1.165, 1.54) is 10.9 Å². The monoisotopic (exact) mass is 295 g/mol. The molecule has 3 aromatic rings. The lowest BCUT2D eigenvalue weighted by atomic mass is 10.1. The zero-order chi connectivity index (χ0) is 14.7. The molecule has 3 rings (SSSR count). The van der Waals surface area contributed by atoms with E-state index < -0.39 is 0 Å². The van der Waals surface area contributed by atoms with Crippen molar-refractivity contribution >= 4 is 22.9 Å². The number of benzene rings is 2. The number of carbonyl (C=O) groups is 1. The van der Waals surface area contributed by atoms with Gasteiger partial charge in [0.2, 0.25) is 0 Å². The molecule has 2 aromatic carbocycles. The number of nitrogens with one attached hydrogen (secondary N) is 1. The molecule has 0 saturated carbocycles. The van der Waals surface area contributed by atoms with E-state index in [1.54, 1.807) is 41.7 Å². The third kappa shape index (κ3) is 2.95. The Morgan fingerprint density at radius 1 is 0.952 bits per heavy atom. The molecule has 1 heterocycles. The predicted molar refractivity (Wildman–Crippen MR) is 85.8 cm³/mol. The van der Waals surface area contributed by atoms with Crippen LogP contribution >= 0.6 is 11.3 Å². The molecule has 0 aliphatic rings. The summed E-state index contributed by atoms with van der Waals surface area (Å²) in [5.41, 5.74) is 2.05. The number of carbonyl (C=O) groups excluding carboxylic acids is 1. The van der Waals surface area contributed by atoms with Crippen LogP contribution in [0.15, 0.2) is 66.0 Å². The molecule has 0 aliphatic carbocycles. The maximum atomic E-state index is 12.1. The van der Waals surface area contributed by atoms with Crippen molar-refractivity contribution < 1.29 is 9.90 Å². The fourth-order valence-electron chi connectivity index (χ4n) is 2.00. The average molecular weight is 295 g/mol. The van der Waals surface area contributed by atoms with Gasteiger partial charge in [-0.2, -0.15) is 0 Å². The van der Waals surface area contributed by atoms with E-state index in [-0.39, 0.29) is 11.7 Å². The summed E-state index contributed by atoms with van der Waals surface area (Å²) >= 11 is 1.66. The van der Waals surface area contributed by atoms with Crippen LogP contribution in [0.3, 0.4) is 0 Å². The zero-order valence-electron chi connectivity index (χ0n) is 11.1. The van der Waals surface area contributed by atoms with E-state index in [0.29, 0.717) is 11.3 Å². The minimum absolute atomic E-state index is 0.0565. The Morgan fingerprint density at radius 3 is 2.38 bits per heavy atom. The van der Waals surface area contributed by atoms with Crippen molar-refractivity contribution in [1.82, 2.24) is 0 Å². The van der Waals surface area contributed by atoms with Crippen LogP contribution in [0.5, 0.6) is 5.75 Å². The molecule has 4 heteroatoms. The normalized spacial score (nSPS) is 10.3. The van der Waals surface area contributed by atoms with Gasteiger partial charge in [-0.3, -0.25) is 4.79 Å². The van der Waals surface area contributed by atoms with Gasteiger partial charge in [-0.15, -0.1) is 11.3 Å². The number of phenolic OH excluding ortho intramolecular Hbond substituents is 1. The number of rotatable bonds is 3. The Balaban J connectivity index is 1.78. The SMILES string of the molecule is O=C(Nc1ccccc1O)c1ccc(-c2cccs2)cc1. The van der Waals surface area contributed by atoms with Gasteiger partial charge in [0.05, 0.1) is 5.69 Å². The van der Waals surface area contributed by atoms with Crippen molar-refractivity contribution in [2.75, 3.05) is 5.32 Å². The van der Waals surface area contributed by atoms with E-state index >= 15 is 0 Å². The Morgan fingerprint density at radius 2 is 1.71 bits per heavy atom. The summed E-state index contributed by atoms with van der Waals surface area (Å²) in [5, 5.41) is 14.4. The third-order valence-electron chi connectivity index (χ3n) is 3.11. The zero-order valence-corrected chi connectivity index (χ0v) is 11.9. The molecule has 2 N–H and O–H groups in total. The molecular weight excluding hydrogens is 282 g/mol. The molecule has 0 saturated heterocycles. The first-order valence-electron chi connectivity index (χ1n) is 6.47.